The number of nitrogens with one attached hydrogen (secondary N) is 2. The minimum Gasteiger partial charge on any atom is -0.484 e. The number of nitrogens with zero attached hydrogens (tertiary/aromatic N) is 1. The van der Waals surface area contributed by atoms with Crippen molar-refractivity contribution in [1.29, 1.82) is 0 Å². The van der Waals surface area contributed by atoms with Crippen LogP contribution in [0.25, 0.3) is 0 Å². The van der Waals surface area contributed by atoms with Gasteiger partial charge in [-0.3, -0.25) is 14.4 Å². The summed E-state index contributed by atoms with van der Waals surface area (Å²) < 4.78 is 16.2. The van der Waals surface area contributed by atoms with Gasteiger partial charge in [-0.1, -0.05) is 24.3 Å². The maximum atomic E-state index is 12.7. The summed E-state index contributed by atoms with van der Waals surface area (Å²) in [7, 11) is 0. The van der Waals surface area contributed by atoms with Crippen LogP contribution in [0.1, 0.15) is 12.0 Å². The van der Waals surface area contributed by atoms with Crippen LogP contribution in [0.15, 0.2) is 72.8 Å². The highest BCUT2D eigenvalue weighted by Gasteiger charge is 2.35. The largest absolute Gasteiger partial charge is 0.484 e. The van der Waals surface area contributed by atoms with E-state index in [1.165, 1.54) is 0 Å². The van der Waals surface area contributed by atoms with Crippen LogP contribution < -0.4 is 29.7 Å². The first-order valence-electron chi connectivity index (χ1n) is 11.6. The molecule has 3 aromatic carbocycles. The van der Waals surface area contributed by atoms with E-state index in [2.05, 4.69) is 10.6 Å². The summed E-state index contributed by atoms with van der Waals surface area (Å²) in [6.07, 6.45) is 0.144. The zero-order valence-corrected chi connectivity index (χ0v) is 19.4. The van der Waals surface area contributed by atoms with Gasteiger partial charge in [0.1, 0.15) is 5.75 Å². The molecule has 184 valence electrons. The highest BCUT2D eigenvalue weighted by Crippen LogP contribution is 2.32. The maximum absolute atomic E-state index is 12.7. The molecule has 2 heterocycles. The van der Waals surface area contributed by atoms with Gasteiger partial charge in [-0.15, -0.1) is 0 Å². The maximum Gasteiger partial charge on any atom is 0.262 e. The average molecular weight is 488 g/mol. The monoisotopic (exact) mass is 487 g/mol. The minimum atomic E-state index is -0.441. The lowest BCUT2D eigenvalue weighted by Crippen LogP contribution is -2.32. The number of hydrogen-bond acceptors (Lipinski definition) is 6. The van der Waals surface area contributed by atoms with E-state index in [-0.39, 0.29) is 37.5 Å². The van der Waals surface area contributed by atoms with E-state index in [9.17, 15) is 14.4 Å². The van der Waals surface area contributed by atoms with Crippen LogP contribution in [-0.2, 0) is 20.9 Å². The molecule has 3 amide bonds. The third-order valence-electron chi connectivity index (χ3n) is 5.98. The summed E-state index contributed by atoms with van der Waals surface area (Å²) in [5.41, 5.74) is 2.26. The van der Waals surface area contributed by atoms with Crippen molar-refractivity contribution < 1.29 is 28.6 Å². The number of carbonyl (C=O) groups excluding carboxylic acids is 3. The Balaban J connectivity index is 1.11. The Hall–Kier alpha value is -4.53. The van der Waals surface area contributed by atoms with Gasteiger partial charge in [0.2, 0.25) is 18.6 Å². The summed E-state index contributed by atoms with van der Waals surface area (Å²) in [4.78, 5) is 39.0. The molecule has 0 spiro atoms. The molecule has 2 aliphatic heterocycles. The van der Waals surface area contributed by atoms with Gasteiger partial charge in [-0.2, -0.15) is 0 Å². The molecule has 1 fully saturated rings. The molecule has 9 heteroatoms. The standard InChI is InChI=1S/C27H25N3O6/c31-25(29-20-4-2-1-3-5-20)16-34-22-9-7-21(8-10-22)30-15-19(13-26(30)32)27(33)28-14-18-6-11-23-24(12-18)36-17-35-23/h1-12,19H,13-17H2,(H,28,33)(H,29,31). The Morgan fingerprint density at radius 3 is 2.56 bits per heavy atom. The molecular formula is C27H25N3O6. The van der Waals surface area contributed by atoms with Crippen molar-refractivity contribution in [3.8, 4) is 17.2 Å². The zero-order valence-electron chi connectivity index (χ0n) is 19.4. The molecule has 2 N–H and O–H groups in total. The molecule has 0 radical (unpaired) electrons. The Bertz CT molecular complexity index is 1260. The number of carbonyl (C=O) groups is 3. The quantitative estimate of drug-likeness (QED) is 0.506. The number of hydrogen-bond donors (Lipinski definition) is 2. The second kappa shape index (κ2) is 10.4. The van der Waals surface area contributed by atoms with Gasteiger partial charge in [0, 0.05) is 30.9 Å². The van der Waals surface area contributed by atoms with Crippen molar-refractivity contribution in [1.82, 2.24) is 5.32 Å². The molecule has 0 saturated carbocycles. The molecule has 2 aliphatic rings. The Kier molecular flexibility index (Phi) is 6.70. The van der Waals surface area contributed by atoms with Gasteiger partial charge in [0.05, 0.1) is 5.92 Å². The van der Waals surface area contributed by atoms with E-state index in [0.29, 0.717) is 41.7 Å². The first-order chi connectivity index (χ1) is 17.5. The molecule has 1 unspecified atom stereocenters. The van der Waals surface area contributed by atoms with Crippen molar-refractivity contribution in [2.75, 3.05) is 30.2 Å². The Morgan fingerprint density at radius 1 is 0.972 bits per heavy atom. The second-order valence-electron chi connectivity index (χ2n) is 8.51. The molecule has 36 heavy (non-hydrogen) atoms. The summed E-state index contributed by atoms with van der Waals surface area (Å²) >= 11 is 0. The molecular weight excluding hydrogens is 462 g/mol. The predicted molar refractivity (Wildman–Crippen MR) is 132 cm³/mol. The summed E-state index contributed by atoms with van der Waals surface area (Å²) in [5, 5.41) is 5.66. The van der Waals surface area contributed by atoms with Crippen molar-refractivity contribution in [2.45, 2.75) is 13.0 Å². The topological polar surface area (TPSA) is 106 Å². The lowest BCUT2D eigenvalue weighted by atomic mass is 10.1. The molecule has 1 atom stereocenters. The van der Waals surface area contributed by atoms with Gasteiger partial charge >= 0.3 is 0 Å². The third kappa shape index (κ3) is 5.41. The normalized spacial score (nSPS) is 16.1. The van der Waals surface area contributed by atoms with Crippen molar-refractivity contribution in [2.24, 2.45) is 5.92 Å². The molecule has 1 saturated heterocycles. The molecule has 0 aromatic heterocycles. The van der Waals surface area contributed by atoms with Crippen LogP contribution in [0, 0.1) is 5.92 Å². The van der Waals surface area contributed by atoms with E-state index in [1.54, 1.807) is 41.3 Å². The fourth-order valence-electron chi connectivity index (χ4n) is 4.11. The fourth-order valence-corrected chi connectivity index (χ4v) is 4.11. The highest BCUT2D eigenvalue weighted by molar-refractivity contribution is 6.00. The number of amides is 3. The predicted octanol–water partition coefficient (Wildman–Crippen LogP) is 3.10. The minimum absolute atomic E-state index is 0.117. The lowest BCUT2D eigenvalue weighted by molar-refractivity contribution is -0.126. The highest BCUT2D eigenvalue weighted by atomic mass is 16.7. The Labute approximate surface area is 208 Å². The van der Waals surface area contributed by atoms with E-state index in [1.807, 2.05) is 36.4 Å². The van der Waals surface area contributed by atoms with Crippen LogP contribution in [0.2, 0.25) is 0 Å². The first-order valence-corrected chi connectivity index (χ1v) is 11.6. The van der Waals surface area contributed by atoms with Crippen LogP contribution >= 0.6 is 0 Å². The molecule has 3 aromatic rings. The number of benzene rings is 3. The van der Waals surface area contributed by atoms with Crippen LogP contribution in [0.5, 0.6) is 17.2 Å². The smallest absolute Gasteiger partial charge is 0.262 e. The van der Waals surface area contributed by atoms with Gasteiger partial charge < -0.3 is 29.7 Å². The van der Waals surface area contributed by atoms with E-state index < -0.39 is 5.92 Å². The molecule has 9 nitrogen and oxygen atoms in total. The number of rotatable bonds is 8. The fraction of sp³-hybridized carbons (Fsp3) is 0.222. The average Bonchev–Trinajstić information content (AvgIpc) is 3.53. The number of para-hydroxylation sites is 1. The van der Waals surface area contributed by atoms with Crippen LogP contribution in [0.4, 0.5) is 11.4 Å². The van der Waals surface area contributed by atoms with Gasteiger partial charge in [-0.05, 0) is 54.1 Å². The van der Waals surface area contributed by atoms with E-state index >= 15 is 0 Å². The summed E-state index contributed by atoms with van der Waals surface area (Å²) in [6, 6.07) is 21.5. The molecule has 5 rings (SSSR count). The summed E-state index contributed by atoms with van der Waals surface area (Å²) in [5.74, 6) is 0.856. The molecule has 0 aliphatic carbocycles. The van der Waals surface area contributed by atoms with Gasteiger partial charge in [-0.25, -0.2) is 0 Å². The number of fused-ring (bicyclic) bond motifs is 1. The van der Waals surface area contributed by atoms with Gasteiger partial charge in [0.15, 0.2) is 18.1 Å². The number of ether oxygens (including phenoxy) is 3. The Morgan fingerprint density at radius 2 is 1.75 bits per heavy atom. The van der Waals surface area contributed by atoms with Crippen LogP contribution in [-0.4, -0.2) is 37.7 Å². The van der Waals surface area contributed by atoms with Crippen molar-refractivity contribution >= 4 is 29.1 Å². The van der Waals surface area contributed by atoms with E-state index in [0.717, 1.165) is 5.56 Å². The second-order valence-corrected chi connectivity index (χ2v) is 8.51. The van der Waals surface area contributed by atoms with Gasteiger partial charge in [0.25, 0.3) is 5.91 Å². The van der Waals surface area contributed by atoms with Crippen molar-refractivity contribution in [3.63, 3.8) is 0 Å². The van der Waals surface area contributed by atoms with Crippen LogP contribution in [0.3, 0.4) is 0 Å². The summed E-state index contributed by atoms with van der Waals surface area (Å²) in [6.45, 7) is 0.694. The first kappa shape index (κ1) is 23.2. The van der Waals surface area contributed by atoms with Crippen molar-refractivity contribution in [3.05, 3.63) is 78.4 Å². The third-order valence-corrected chi connectivity index (χ3v) is 5.98. The number of anilines is 2. The zero-order chi connectivity index (χ0) is 24.9. The lowest BCUT2D eigenvalue weighted by Gasteiger charge is -2.17. The molecule has 0 bridgehead atoms. The SMILES string of the molecule is O=C(COc1ccc(N2CC(C(=O)NCc3ccc4c(c3)OCO4)CC2=O)cc1)Nc1ccccc1. The van der Waals surface area contributed by atoms with E-state index in [4.69, 9.17) is 14.2 Å².